The highest BCUT2D eigenvalue weighted by molar-refractivity contribution is 5.76. The third-order valence-electron chi connectivity index (χ3n) is 4.75. The predicted octanol–water partition coefficient (Wildman–Crippen LogP) is 2.40. The van der Waals surface area contributed by atoms with Crippen molar-refractivity contribution in [2.75, 3.05) is 13.1 Å². The Balaban J connectivity index is 1.59. The molecule has 0 radical (unpaired) electrons. The largest absolute Gasteiger partial charge is 0.346 e. The predicted molar refractivity (Wildman–Crippen MR) is 88.3 cm³/mol. The molecular formula is C17H25N5O. The van der Waals surface area contributed by atoms with Crippen LogP contribution >= 0.6 is 0 Å². The zero-order valence-electron chi connectivity index (χ0n) is 14.1. The number of carbonyl (C=O) groups is 1. The molecule has 1 unspecified atom stereocenters. The van der Waals surface area contributed by atoms with Gasteiger partial charge in [-0.05, 0) is 45.6 Å². The molecule has 1 fully saturated rings. The number of hydrogen-bond donors (Lipinski definition) is 2. The van der Waals surface area contributed by atoms with E-state index >= 15 is 0 Å². The maximum Gasteiger partial charge on any atom is 0.222 e. The Bertz CT molecular complexity index is 667. The van der Waals surface area contributed by atoms with Gasteiger partial charge in [0.15, 0.2) is 0 Å². The molecule has 0 saturated carbocycles. The van der Waals surface area contributed by atoms with Crippen molar-refractivity contribution in [3.63, 3.8) is 0 Å². The second-order valence-electron chi connectivity index (χ2n) is 6.54. The molecule has 1 aliphatic rings. The first-order valence-corrected chi connectivity index (χ1v) is 8.34. The molecule has 2 N–H and O–H groups in total. The molecule has 124 valence electrons. The van der Waals surface area contributed by atoms with Crippen LogP contribution in [0.25, 0.3) is 0 Å². The second-order valence-corrected chi connectivity index (χ2v) is 6.54. The molecule has 1 saturated heterocycles. The molecule has 3 rings (SSSR count). The quantitative estimate of drug-likeness (QED) is 0.909. The van der Waals surface area contributed by atoms with Gasteiger partial charge in [0.1, 0.15) is 5.82 Å². The maximum atomic E-state index is 12.6. The van der Waals surface area contributed by atoms with Crippen LogP contribution in [0.15, 0.2) is 6.20 Å². The fraction of sp³-hybridized carbons (Fsp3) is 0.588. The molecular weight excluding hydrogens is 290 g/mol. The van der Waals surface area contributed by atoms with Crippen LogP contribution < -0.4 is 0 Å². The lowest BCUT2D eigenvalue weighted by Gasteiger charge is -2.32. The number of likely N-dealkylation sites (tertiary alicyclic amines) is 1. The molecule has 0 aliphatic carbocycles. The molecule has 1 amide bonds. The van der Waals surface area contributed by atoms with Gasteiger partial charge < -0.3 is 9.88 Å². The van der Waals surface area contributed by atoms with Crippen molar-refractivity contribution in [2.24, 2.45) is 0 Å². The normalized spacial score (nSPS) is 18.4. The average Bonchev–Trinajstić information content (AvgIpc) is 3.12. The fourth-order valence-corrected chi connectivity index (χ4v) is 3.40. The summed E-state index contributed by atoms with van der Waals surface area (Å²) in [4.78, 5) is 22.3. The van der Waals surface area contributed by atoms with Crippen molar-refractivity contribution in [3.8, 4) is 0 Å². The number of aromatic amines is 2. The minimum absolute atomic E-state index is 0.234. The van der Waals surface area contributed by atoms with Crippen molar-refractivity contribution in [2.45, 2.75) is 52.4 Å². The standard InChI is InChI=1S/C17H25N5O/c1-11-9-18-17(19-11)14-5-4-8-22(10-14)16(23)7-6-15-12(2)20-21-13(15)3/h9,14H,4-8,10H2,1-3H3,(H,18,19)(H,20,21). The van der Waals surface area contributed by atoms with Gasteiger partial charge in [-0.2, -0.15) is 5.10 Å². The molecule has 2 aromatic rings. The highest BCUT2D eigenvalue weighted by Gasteiger charge is 2.26. The van der Waals surface area contributed by atoms with Gasteiger partial charge in [0.2, 0.25) is 5.91 Å². The zero-order valence-corrected chi connectivity index (χ0v) is 14.1. The summed E-state index contributed by atoms with van der Waals surface area (Å²) in [6.45, 7) is 7.64. The average molecular weight is 315 g/mol. The number of nitrogens with zero attached hydrogens (tertiary/aromatic N) is 3. The van der Waals surface area contributed by atoms with Crippen LogP contribution in [0.4, 0.5) is 0 Å². The topological polar surface area (TPSA) is 77.7 Å². The zero-order chi connectivity index (χ0) is 16.4. The highest BCUT2D eigenvalue weighted by atomic mass is 16.2. The van der Waals surface area contributed by atoms with E-state index in [1.54, 1.807) is 0 Å². The van der Waals surface area contributed by atoms with Crippen LogP contribution in [0.3, 0.4) is 0 Å². The van der Waals surface area contributed by atoms with E-state index in [2.05, 4.69) is 20.2 Å². The summed E-state index contributed by atoms with van der Waals surface area (Å²) in [7, 11) is 0. The van der Waals surface area contributed by atoms with Crippen LogP contribution in [0.2, 0.25) is 0 Å². The maximum absolute atomic E-state index is 12.6. The lowest BCUT2D eigenvalue weighted by Crippen LogP contribution is -2.39. The van der Waals surface area contributed by atoms with E-state index in [0.29, 0.717) is 12.3 Å². The molecule has 0 spiro atoms. The van der Waals surface area contributed by atoms with Crippen molar-refractivity contribution >= 4 is 5.91 Å². The highest BCUT2D eigenvalue weighted by Crippen LogP contribution is 2.25. The first kappa shape index (κ1) is 15.8. The van der Waals surface area contributed by atoms with E-state index in [9.17, 15) is 4.79 Å². The van der Waals surface area contributed by atoms with Crippen LogP contribution in [-0.4, -0.2) is 44.1 Å². The Morgan fingerprint density at radius 2 is 2.22 bits per heavy atom. The fourth-order valence-electron chi connectivity index (χ4n) is 3.40. The number of hydrogen-bond acceptors (Lipinski definition) is 3. The van der Waals surface area contributed by atoms with Gasteiger partial charge in [-0.1, -0.05) is 0 Å². The molecule has 2 aromatic heterocycles. The number of amides is 1. The van der Waals surface area contributed by atoms with E-state index in [-0.39, 0.29) is 5.91 Å². The number of imidazole rings is 1. The van der Waals surface area contributed by atoms with E-state index in [4.69, 9.17) is 0 Å². The molecule has 1 atom stereocenters. The Morgan fingerprint density at radius 3 is 2.87 bits per heavy atom. The van der Waals surface area contributed by atoms with Gasteiger partial charge in [0.25, 0.3) is 0 Å². The van der Waals surface area contributed by atoms with Gasteiger partial charge in [0.05, 0.1) is 5.69 Å². The first-order valence-electron chi connectivity index (χ1n) is 8.34. The van der Waals surface area contributed by atoms with Crippen LogP contribution in [0, 0.1) is 20.8 Å². The molecule has 23 heavy (non-hydrogen) atoms. The molecule has 1 aliphatic heterocycles. The Labute approximate surface area is 136 Å². The van der Waals surface area contributed by atoms with E-state index in [1.807, 2.05) is 31.9 Å². The summed E-state index contributed by atoms with van der Waals surface area (Å²) < 4.78 is 0. The van der Waals surface area contributed by atoms with Crippen LogP contribution in [-0.2, 0) is 11.2 Å². The Hall–Kier alpha value is -2.11. The van der Waals surface area contributed by atoms with Crippen molar-refractivity contribution in [1.29, 1.82) is 0 Å². The monoisotopic (exact) mass is 315 g/mol. The lowest BCUT2D eigenvalue weighted by atomic mass is 9.96. The van der Waals surface area contributed by atoms with E-state index in [0.717, 1.165) is 55.3 Å². The SMILES string of the molecule is Cc1cnc(C2CCCN(C(=O)CCc3c(C)n[nH]c3C)C2)[nH]1. The smallest absolute Gasteiger partial charge is 0.222 e. The minimum Gasteiger partial charge on any atom is -0.346 e. The number of nitrogens with one attached hydrogen (secondary N) is 2. The van der Waals surface area contributed by atoms with Gasteiger partial charge in [0, 0.05) is 43.0 Å². The third-order valence-corrected chi connectivity index (χ3v) is 4.75. The molecule has 3 heterocycles. The van der Waals surface area contributed by atoms with Crippen molar-refractivity contribution in [3.05, 3.63) is 34.7 Å². The third kappa shape index (κ3) is 3.46. The lowest BCUT2D eigenvalue weighted by molar-refractivity contribution is -0.132. The first-order chi connectivity index (χ1) is 11.0. The number of aromatic nitrogens is 4. The molecule has 6 nitrogen and oxygen atoms in total. The molecule has 0 bridgehead atoms. The minimum atomic E-state index is 0.234. The number of carbonyl (C=O) groups excluding carboxylic acids is 1. The summed E-state index contributed by atoms with van der Waals surface area (Å²) in [6, 6.07) is 0. The number of rotatable bonds is 4. The second kappa shape index (κ2) is 6.56. The Kier molecular flexibility index (Phi) is 4.50. The number of aryl methyl sites for hydroxylation is 3. The van der Waals surface area contributed by atoms with Gasteiger partial charge in [-0.25, -0.2) is 4.98 Å². The van der Waals surface area contributed by atoms with Crippen LogP contribution in [0.1, 0.15) is 53.7 Å². The number of H-pyrrole nitrogens is 2. The van der Waals surface area contributed by atoms with Crippen molar-refractivity contribution in [1.82, 2.24) is 25.1 Å². The summed E-state index contributed by atoms with van der Waals surface area (Å²) in [5.41, 5.74) is 4.32. The summed E-state index contributed by atoms with van der Waals surface area (Å²) in [5.74, 6) is 1.58. The molecule has 6 heteroatoms. The van der Waals surface area contributed by atoms with Gasteiger partial charge in [-0.3, -0.25) is 9.89 Å². The van der Waals surface area contributed by atoms with E-state index in [1.165, 1.54) is 5.56 Å². The van der Waals surface area contributed by atoms with Crippen molar-refractivity contribution < 1.29 is 4.79 Å². The van der Waals surface area contributed by atoms with E-state index < -0.39 is 0 Å². The van der Waals surface area contributed by atoms with Gasteiger partial charge in [-0.15, -0.1) is 0 Å². The van der Waals surface area contributed by atoms with Gasteiger partial charge >= 0.3 is 0 Å². The number of piperidine rings is 1. The molecule has 0 aromatic carbocycles. The Morgan fingerprint density at radius 1 is 1.39 bits per heavy atom. The van der Waals surface area contributed by atoms with Crippen LogP contribution in [0.5, 0.6) is 0 Å². The summed E-state index contributed by atoms with van der Waals surface area (Å²) >= 11 is 0. The summed E-state index contributed by atoms with van der Waals surface area (Å²) in [6.07, 6.45) is 5.30. The summed E-state index contributed by atoms with van der Waals surface area (Å²) in [5, 5.41) is 7.18.